The highest BCUT2D eigenvalue weighted by molar-refractivity contribution is 5.85. The fourth-order valence-electron chi connectivity index (χ4n) is 8.55. The van der Waals surface area contributed by atoms with Crippen molar-refractivity contribution in [3.8, 4) is 0 Å². The van der Waals surface area contributed by atoms with Crippen LogP contribution in [-0.2, 0) is 87.1 Å². The van der Waals surface area contributed by atoms with E-state index in [1.165, 1.54) is 0 Å². The first-order valence-corrected chi connectivity index (χ1v) is 23.0. The summed E-state index contributed by atoms with van der Waals surface area (Å²) in [6.45, 7) is 5.53. The van der Waals surface area contributed by atoms with Gasteiger partial charge in [0.2, 0.25) is 5.79 Å². The molecule has 0 unspecified atom stereocenters. The Labute approximate surface area is 394 Å². The van der Waals surface area contributed by atoms with Crippen LogP contribution in [0.2, 0.25) is 0 Å². The lowest BCUT2D eigenvalue weighted by Crippen LogP contribution is -2.62. The smallest absolute Gasteiger partial charge is 0.222 e. The number of carbonyl (C=O) groups excluding carboxylic acids is 1. The van der Waals surface area contributed by atoms with Crippen molar-refractivity contribution in [3.05, 3.63) is 228 Å². The second kappa shape index (κ2) is 24.9. The predicted molar refractivity (Wildman–Crippen MR) is 254 cm³/mol. The average molecular weight is 905 g/mol. The van der Waals surface area contributed by atoms with Crippen molar-refractivity contribution in [3.63, 3.8) is 0 Å². The summed E-state index contributed by atoms with van der Waals surface area (Å²) in [7, 11) is 0. The van der Waals surface area contributed by atoms with Crippen LogP contribution in [-0.4, -0.2) is 74.1 Å². The highest BCUT2D eigenvalue weighted by Crippen LogP contribution is 2.42. The van der Waals surface area contributed by atoms with Crippen molar-refractivity contribution in [2.24, 2.45) is 0 Å². The molecule has 1 saturated carbocycles. The minimum absolute atomic E-state index is 0.0770. The van der Waals surface area contributed by atoms with E-state index in [4.69, 9.17) is 42.6 Å². The maximum Gasteiger partial charge on any atom is 0.222 e. The molecule has 2 fully saturated rings. The maximum absolute atomic E-state index is 14.6. The normalized spacial score (nSPS) is 23.8. The lowest BCUT2D eigenvalue weighted by Gasteiger charge is -2.45. The van der Waals surface area contributed by atoms with Crippen molar-refractivity contribution in [2.75, 3.05) is 19.8 Å². The Morgan fingerprint density at radius 1 is 0.493 bits per heavy atom. The van der Waals surface area contributed by atoms with E-state index >= 15 is 0 Å². The molecule has 8 rings (SSSR count). The van der Waals surface area contributed by atoms with Gasteiger partial charge in [-0.15, -0.1) is 6.58 Å². The molecule has 1 heterocycles. The number of hydrogen-bond acceptors (Lipinski definition) is 10. The molecule has 0 amide bonds. The molecule has 8 atom stereocenters. The molecule has 0 bridgehead atoms. The average Bonchev–Trinajstić information content (AvgIpc) is 3.66. The molecule has 0 aromatic heterocycles. The first-order valence-electron chi connectivity index (χ1n) is 23.0. The SMILES string of the molecule is C=CCO[C@@H]1C(=O)C[C@H](O[C@]2(COCc3ccccc3)O[C@H](COCc3ccccc3)[C@@H](OCc3ccccc3)[C@@H]2OCc2ccccc2)[C@H](OCc2ccccc2)[C@H]1OCc1ccccc1. The summed E-state index contributed by atoms with van der Waals surface area (Å²) in [5.74, 6) is -1.87. The molecule has 1 saturated heterocycles. The molecule has 6 aromatic rings. The molecule has 348 valence electrons. The summed E-state index contributed by atoms with van der Waals surface area (Å²) in [5.41, 5.74) is 5.77. The van der Waals surface area contributed by atoms with Gasteiger partial charge in [0, 0.05) is 6.42 Å². The van der Waals surface area contributed by atoms with Crippen LogP contribution in [0.3, 0.4) is 0 Å². The van der Waals surface area contributed by atoms with Crippen molar-refractivity contribution < 1.29 is 47.4 Å². The summed E-state index contributed by atoms with van der Waals surface area (Å²) in [6.07, 6.45) is -4.41. The van der Waals surface area contributed by atoms with Gasteiger partial charge in [-0.3, -0.25) is 4.79 Å². The quantitative estimate of drug-likeness (QED) is 0.0517. The molecule has 1 aliphatic carbocycles. The molecule has 0 N–H and O–H groups in total. The second-order valence-electron chi connectivity index (χ2n) is 16.8. The van der Waals surface area contributed by atoms with Crippen molar-refractivity contribution in [2.45, 2.75) is 94.6 Å². The lowest BCUT2D eigenvalue weighted by molar-refractivity contribution is -0.329. The summed E-state index contributed by atoms with van der Waals surface area (Å²) in [5, 5.41) is 0. The van der Waals surface area contributed by atoms with Crippen LogP contribution in [0.4, 0.5) is 0 Å². The van der Waals surface area contributed by atoms with Crippen LogP contribution in [0.5, 0.6) is 0 Å². The third-order valence-corrected chi connectivity index (χ3v) is 11.8. The molecule has 0 spiro atoms. The van der Waals surface area contributed by atoms with Crippen molar-refractivity contribution >= 4 is 5.78 Å². The summed E-state index contributed by atoms with van der Waals surface area (Å²) < 4.78 is 61.6. The zero-order chi connectivity index (χ0) is 45.9. The minimum Gasteiger partial charge on any atom is -0.374 e. The Balaban J connectivity index is 1.19. The van der Waals surface area contributed by atoms with Crippen LogP contribution < -0.4 is 0 Å². The van der Waals surface area contributed by atoms with E-state index in [0.29, 0.717) is 6.61 Å². The van der Waals surface area contributed by atoms with Crippen molar-refractivity contribution in [1.82, 2.24) is 0 Å². The fraction of sp³-hybridized carbons (Fsp3) is 0.316. The second-order valence-corrected chi connectivity index (χ2v) is 16.8. The fourth-order valence-corrected chi connectivity index (χ4v) is 8.55. The third-order valence-electron chi connectivity index (χ3n) is 11.8. The molecule has 6 aromatic carbocycles. The topological polar surface area (TPSA) is 100 Å². The van der Waals surface area contributed by atoms with Gasteiger partial charge in [0.25, 0.3) is 0 Å². The van der Waals surface area contributed by atoms with Crippen LogP contribution in [0.15, 0.2) is 195 Å². The Kier molecular flexibility index (Phi) is 17.8. The molecule has 2 aliphatic rings. The van der Waals surface area contributed by atoms with E-state index in [1.807, 2.05) is 182 Å². The van der Waals surface area contributed by atoms with Gasteiger partial charge in [-0.1, -0.05) is 188 Å². The monoisotopic (exact) mass is 904 g/mol. The van der Waals surface area contributed by atoms with E-state index in [2.05, 4.69) is 6.58 Å². The highest BCUT2D eigenvalue weighted by Gasteiger charge is 2.61. The minimum atomic E-state index is -1.66. The number of ketones is 1. The number of benzene rings is 6. The van der Waals surface area contributed by atoms with Crippen LogP contribution >= 0.6 is 0 Å². The van der Waals surface area contributed by atoms with Crippen molar-refractivity contribution in [1.29, 1.82) is 0 Å². The van der Waals surface area contributed by atoms with E-state index in [0.717, 1.165) is 33.4 Å². The van der Waals surface area contributed by atoms with Gasteiger partial charge in [-0.05, 0) is 33.4 Å². The Morgan fingerprint density at radius 3 is 1.36 bits per heavy atom. The number of Topliss-reactive ketones (excluding diaryl/α,β-unsaturated/α-hetero) is 1. The summed E-state index contributed by atoms with van der Waals surface area (Å²) in [6, 6.07) is 59.5. The van der Waals surface area contributed by atoms with Crippen LogP contribution in [0.1, 0.15) is 39.8 Å². The first-order chi connectivity index (χ1) is 33.1. The van der Waals surface area contributed by atoms with E-state index in [1.54, 1.807) is 6.08 Å². The van der Waals surface area contributed by atoms with Gasteiger partial charge in [0.15, 0.2) is 5.78 Å². The van der Waals surface area contributed by atoms with Gasteiger partial charge in [0.1, 0.15) is 43.2 Å². The number of carbonyl (C=O) groups is 1. The van der Waals surface area contributed by atoms with Gasteiger partial charge < -0.3 is 42.6 Å². The molecule has 10 nitrogen and oxygen atoms in total. The summed E-state index contributed by atoms with van der Waals surface area (Å²) in [4.78, 5) is 14.6. The molecule has 0 radical (unpaired) electrons. The van der Waals surface area contributed by atoms with E-state index < -0.39 is 48.5 Å². The number of hydrogen-bond donors (Lipinski definition) is 0. The maximum atomic E-state index is 14.6. The molecular weight excluding hydrogens is 845 g/mol. The van der Waals surface area contributed by atoms with Crippen LogP contribution in [0.25, 0.3) is 0 Å². The molecule has 1 aliphatic heterocycles. The Bertz CT molecular complexity index is 2340. The summed E-state index contributed by atoms with van der Waals surface area (Å²) >= 11 is 0. The standard InChI is InChI=1S/C57H60O10/c1-2-33-61-52-49(58)34-50(53(62-37-45-25-13-5-14-26-45)55(52)64-39-47-29-17-7-18-30-47)66-57(42-60-36-44-23-11-4-12-24-44)56(65-40-48-31-19-8-20-32-48)54(63-38-46-27-15-6-16-28-46)51(67-57)41-59-35-43-21-9-3-10-22-43/h2-32,50-56H,1,33-42H2/t50-,51+,52+,53-,54+,55-,56-,57+/m0/s1. The van der Waals surface area contributed by atoms with Gasteiger partial charge in [-0.2, -0.15) is 0 Å². The van der Waals surface area contributed by atoms with E-state index in [9.17, 15) is 4.79 Å². The largest absolute Gasteiger partial charge is 0.374 e. The highest BCUT2D eigenvalue weighted by atomic mass is 16.8. The predicted octanol–water partition coefficient (Wildman–Crippen LogP) is 9.79. The Morgan fingerprint density at radius 2 is 0.896 bits per heavy atom. The molecule has 67 heavy (non-hydrogen) atoms. The number of ether oxygens (including phenoxy) is 9. The zero-order valence-corrected chi connectivity index (χ0v) is 37.8. The van der Waals surface area contributed by atoms with Gasteiger partial charge in [0.05, 0.1) is 59.0 Å². The lowest BCUT2D eigenvalue weighted by atomic mass is 9.87. The molecular formula is C57H60O10. The van der Waals surface area contributed by atoms with Gasteiger partial charge >= 0.3 is 0 Å². The zero-order valence-electron chi connectivity index (χ0n) is 37.8. The van der Waals surface area contributed by atoms with Crippen LogP contribution in [0, 0.1) is 0 Å². The third kappa shape index (κ3) is 13.5. The first kappa shape index (κ1) is 47.8. The van der Waals surface area contributed by atoms with E-state index in [-0.39, 0.29) is 65.1 Å². The number of rotatable bonds is 25. The van der Waals surface area contributed by atoms with Gasteiger partial charge in [-0.25, -0.2) is 0 Å². The molecule has 10 heteroatoms. The Hall–Kier alpha value is -5.63.